The van der Waals surface area contributed by atoms with Crippen LogP contribution >= 0.6 is 0 Å². The van der Waals surface area contributed by atoms with Gasteiger partial charge in [-0.2, -0.15) is 0 Å². The lowest BCUT2D eigenvalue weighted by Crippen LogP contribution is -2.30. The molecule has 1 aromatic carbocycles. The number of amides is 1. The Morgan fingerprint density at radius 1 is 1.12 bits per heavy atom. The van der Waals surface area contributed by atoms with Crippen LogP contribution in [0.25, 0.3) is 5.65 Å². The van der Waals surface area contributed by atoms with Crippen molar-refractivity contribution < 1.29 is 4.79 Å². The zero-order chi connectivity index (χ0) is 18.1. The summed E-state index contributed by atoms with van der Waals surface area (Å²) in [6.07, 6.45) is 4.52. The number of aromatic nitrogens is 2. The second kappa shape index (κ2) is 6.67. The quantitative estimate of drug-likeness (QED) is 0.738. The number of hydrogen-bond donors (Lipinski definition) is 1. The summed E-state index contributed by atoms with van der Waals surface area (Å²) >= 11 is 0. The first-order valence-electron chi connectivity index (χ1n) is 8.88. The third-order valence-electron chi connectivity index (χ3n) is 4.98. The lowest BCUT2D eigenvalue weighted by molar-refractivity contribution is 0.0994. The number of rotatable bonds is 4. The Morgan fingerprint density at radius 2 is 1.85 bits per heavy atom. The molecule has 2 aromatic heterocycles. The van der Waals surface area contributed by atoms with Crippen molar-refractivity contribution >= 4 is 17.2 Å². The maximum atomic E-state index is 11.9. The largest absolute Gasteiger partial charge is 0.371 e. The minimum atomic E-state index is -0.455. The van der Waals surface area contributed by atoms with Crippen molar-refractivity contribution in [1.29, 1.82) is 0 Å². The van der Waals surface area contributed by atoms with Crippen LogP contribution in [0.1, 0.15) is 34.6 Å². The number of fused-ring (bicyclic) bond motifs is 1. The molecule has 4 rings (SSSR count). The number of carbonyl (C=O) groups is 1. The van der Waals surface area contributed by atoms with Gasteiger partial charge in [0.2, 0.25) is 0 Å². The fourth-order valence-electron chi connectivity index (χ4n) is 3.53. The molecule has 0 spiro atoms. The minimum absolute atomic E-state index is 0.455. The van der Waals surface area contributed by atoms with Gasteiger partial charge in [-0.3, -0.25) is 9.20 Å². The molecule has 3 heterocycles. The van der Waals surface area contributed by atoms with E-state index >= 15 is 0 Å². The van der Waals surface area contributed by atoms with Gasteiger partial charge in [0.25, 0.3) is 5.91 Å². The molecule has 2 N–H and O–H groups in total. The van der Waals surface area contributed by atoms with Crippen LogP contribution in [-0.4, -0.2) is 28.4 Å². The Balaban J connectivity index is 1.58. The van der Waals surface area contributed by atoms with E-state index in [-0.39, 0.29) is 0 Å². The summed E-state index contributed by atoms with van der Waals surface area (Å²) in [7, 11) is 0. The Kier molecular flexibility index (Phi) is 4.21. The van der Waals surface area contributed by atoms with Gasteiger partial charge in [0.1, 0.15) is 11.3 Å². The zero-order valence-electron chi connectivity index (χ0n) is 14.7. The fraction of sp³-hybridized carbons (Fsp3) is 0.238. The summed E-state index contributed by atoms with van der Waals surface area (Å²) in [5, 5.41) is 0. The van der Waals surface area contributed by atoms with Gasteiger partial charge in [-0.05, 0) is 42.7 Å². The molecular formula is C21H22N4O. The molecule has 5 nitrogen and oxygen atoms in total. The summed E-state index contributed by atoms with van der Waals surface area (Å²) in [5.41, 5.74) is 11.2. The highest BCUT2D eigenvalue weighted by Gasteiger charge is 2.17. The maximum Gasteiger partial charge on any atom is 0.267 e. The smallest absolute Gasteiger partial charge is 0.267 e. The highest BCUT2D eigenvalue weighted by molar-refractivity contribution is 5.93. The molecule has 26 heavy (non-hydrogen) atoms. The molecule has 0 bridgehead atoms. The van der Waals surface area contributed by atoms with Gasteiger partial charge >= 0.3 is 0 Å². The predicted molar refractivity (Wildman–Crippen MR) is 104 cm³/mol. The molecule has 0 radical (unpaired) electrons. The number of anilines is 1. The number of hydrogen-bond acceptors (Lipinski definition) is 3. The first kappa shape index (κ1) is 16.4. The van der Waals surface area contributed by atoms with Gasteiger partial charge < -0.3 is 10.6 Å². The van der Waals surface area contributed by atoms with Crippen molar-refractivity contribution in [1.82, 2.24) is 9.38 Å². The Hall–Kier alpha value is -3.08. The first-order chi connectivity index (χ1) is 12.6. The number of piperidine rings is 1. The summed E-state index contributed by atoms with van der Waals surface area (Å²) in [6.45, 7) is 6.12. The average molecular weight is 346 g/mol. The van der Waals surface area contributed by atoms with Crippen molar-refractivity contribution in [2.24, 2.45) is 5.73 Å². The first-order valence-corrected chi connectivity index (χ1v) is 8.88. The molecule has 0 unspecified atom stereocenters. The van der Waals surface area contributed by atoms with Gasteiger partial charge in [-0.1, -0.05) is 30.4 Å². The van der Waals surface area contributed by atoms with Crippen molar-refractivity contribution in [3.63, 3.8) is 0 Å². The van der Waals surface area contributed by atoms with E-state index in [2.05, 4.69) is 40.7 Å². The molecule has 1 saturated heterocycles. The average Bonchev–Trinajstić information content (AvgIpc) is 3.01. The maximum absolute atomic E-state index is 11.9. The summed E-state index contributed by atoms with van der Waals surface area (Å²) in [4.78, 5) is 18.9. The second-order valence-corrected chi connectivity index (χ2v) is 6.78. The molecule has 0 aliphatic carbocycles. The molecule has 5 heteroatoms. The summed E-state index contributed by atoms with van der Waals surface area (Å²) < 4.78 is 1.76. The third-order valence-corrected chi connectivity index (χ3v) is 4.98. The van der Waals surface area contributed by atoms with Gasteiger partial charge in [0.15, 0.2) is 0 Å². The predicted octanol–water partition coefficient (Wildman–Crippen LogP) is 3.18. The minimum Gasteiger partial charge on any atom is -0.371 e. The SMILES string of the molecule is C=C1CCN(c2ccc(Cc3nc4ccccn4c3C(N)=O)cc2)CC1. The number of pyridine rings is 1. The number of primary amides is 1. The number of imidazole rings is 1. The van der Waals surface area contributed by atoms with Crippen LogP contribution in [0.5, 0.6) is 0 Å². The lowest BCUT2D eigenvalue weighted by atomic mass is 10.0. The normalized spacial score (nSPS) is 14.8. The second-order valence-electron chi connectivity index (χ2n) is 6.78. The molecule has 3 aromatic rings. The molecule has 132 valence electrons. The van der Waals surface area contributed by atoms with E-state index in [4.69, 9.17) is 5.73 Å². The molecule has 1 aliphatic rings. The van der Waals surface area contributed by atoms with Crippen LogP contribution in [0.15, 0.2) is 60.8 Å². The number of carbonyl (C=O) groups excluding carboxylic acids is 1. The van der Waals surface area contributed by atoms with E-state index in [1.807, 2.05) is 24.4 Å². The van der Waals surface area contributed by atoms with Crippen LogP contribution in [0.4, 0.5) is 5.69 Å². The molecular weight excluding hydrogens is 324 g/mol. The van der Waals surface area contributed by atoms with Gasteiger partial charge in [-0.15, -0.1) is 0 Å². The van der Waals surface area contributed by atoms with Gasteiger partial charge in [0.05, 0.1) is 5.69 Å². The van der Waals surface area contributed by atoms with Crippen molar-refractivity contribution in [2.45, 2.75) is 19.3 Å². The standard InChI is InChI=1S/C21H22N4O/c1-15-9-12-24(13-10-15)17-7-5-16(6-8-17)14-18-20(21(22)26)25-11-3-2-4-19(25)23-18/h2-8,11H,1,9-10,12-14H2,(H2,22,26). The van der Waals surface area contributed by atoms with E-state index in [1.54, 1.807) is 4.40 Å². The Bertz CT molecular complexity index is 961. The van der Waals surface area contributed by atoms with Gasteiger partial charge in [0, 0.05) is 31.4 Å². The van der Waals surface area contributed by atoms with Crippen molar-refractivity contribution in [2.75, 3.05) is 18.0 Å². The third kappa shape index (κ3) is 3.08. The topological polar surface area (TPSA) is 63.6 Å². The fourth-order valence-corrected chi connectivity index (χ4v) is 3.53. The molecule has 1 aliphatic heterocycles. The highest BCUT2D eigenvalue weighted by atomic mass is 16.1. The summed E-state index contributed by atoms with van der Waals surface area (Å²) in [6, 6.07) is 14.1. The highest BCUT2D eigenvalue weighted by Crippen LogP contribution is 2.23. The van der Waals surface area contributed by atoms with Crippen LogP contribution in [0.2, 0.25) is 0 Å². The van der Waals surface area contributed by atoms with E-state index in [1.165, 1.54) is 11.3 Å². The monoisotopic (exact) mass is 346 g/mol. The van der Waals surface area contributed by atoms with Gasteiger partial charge in [-0.25, -0.2) is 4.98 Å². The van der Waals surface area contributed by atoms with Crippen molar-refractivity contribution in [3.8, 4) is 0 Å². The zero-order valence-corrected chi connectivity index (χ0v) is 14.7. The molecule has 1 fully saturated rings. The molecule has 0 saturated carbocycles. The summed E-state index contributed by atoms with van der Waals surface area (Å²) in [5.74, 6) is -0.455. The van der Waals surface area contributed by atoms with E-state index in [9.17, 15) is 4.79 Å². The van der Waals surface area contributed by atoms with Crippen molar-refractivity contribution in [3.05, 3.63) is 77.8 Å². The van der Waals surface area contributed by atoms with E-state index < -0.39 is 5.91 Å². The van der Waals surface area contributed by atoms with Crippen LogP contribution in [0.3, 0.4) is 0 Å². The number of benzene rings is 1. The van der Waals surface area contributed by atoms with Crippen LogP contribution in [-0.2, 0) is 6.42 Å². The molecule has 1 amide bonds. The number of nitrogens with zero attached hydrogens (tertiary/aromatic N) is 3. The van der Waals surface area contributed by atoms with E-state index in [0.717, 1.165) is 37.1 Å². The van der Waals surface area contributed by atoms with E-state index in [0.29, 0.717) is 17.8 Å². The number of nitrogens with two attached hydrogens (primary N) is 1. The van der Waals surface area contributed by atoms with Crippen LogP contribution in [0, 0.1) is 0 Å². The Labute approximate surface area is 152 Å². The lowest BCUT2D eigenvalue weighted by Gasteiger charge is -2.30. The Morgan fingerprint density at radius 3 is 2.54 bits per heavy atom. The van der Waals surface area contributed by atoms with Crippen LogP contribution < -0.4 is 10.6 Å². The molecule has 0 atom stereocenters.